The second-order valence-corrected chi connectivity index (χ2v) is 8.38. The maximum atomic E-state index is 10.4. The Labute approximate surface area is 224 Å². The molecule has 1 aromatic carbocycles. The van der Waals surface area contributed by atoms with Crippen molar-refractivity contribution in [3.05, 3.63) is 72.1 Å². The van der Waals surface area contributed by atoms with Gasteiger partial charge in [-0.25, -0.2) is 9.97 Å². The first kappa shape index (κ1) is 31.1. The highest BCUT2D eigenvalue weighted by molar-refractivity contribution is 6.30. The Morgan fingerprint density at radius 3 is 2.53 bits per heavy atom. The van der Waals surface area contributed by atoms with Gasteiger partial charge in [0.2, 0.25) is 5.69 Å². The zero-order valence-corrected chi connectivity index (χ0v) is 22.6. The van der Waals surface area contributed by atoms with Crippen molar-refractivity contribution < 1.29 is 9.53 Å². The van der Waals surface area contributed by atoms with E-state index in [2.05, 4.69) is 29.1 Å². The first-order valence-electron chi connectivity index (χ1n) is 11.8. The molecular weight excluding hydrogens is 495 g/mol. The quantitative estimate of drug-likeness (QED) is 0.0887. The van der Waals surface area contributed by atoms with E-state index in [1.807, 2.05) is 44.3 Å². The normalized spacial score (nSPS) is 11.2. The van der Waals surface area contributed by atoms with Gasteiger partial charge in [-0.05, 0) is 50.6 Å². The number of carbonyl (C=O) groups excluding carboxylic acids is 1. The number of nitriles is 1. The van der Waals surface area contributed by atoms with Crippen molar-refractivity contribution in [3.63, 3.8) is 0 Å². The van der Waals surface area contributed by atoms with E-state index in [-0.39, 0.29) is 11.6 Å². The first-order chi connectivity index (χ1) is 17.5. The fourth-order valence-corrected chi connectivity index (χ4v) is 3.47. The van der Waals surface area contributed by atoms with Crippen molar-refractivity contribution in [1.29, 1.82) is 5.26 Å². The molecule has 0 unspecified atom stereocenters. The fourth-order valence-electron chi connectivity index (χ4n) is 3.26. The summed E-state index contributed by atoms with van der Waals surface area (Å²) in [5.41, 5.74) is 2.96. The lowest BCUT2D eigenvalue weighted by molar-refractivity contribution is -0.107. The van der Waals surface area contributed by atoms with Gasteiger partial charge < -0.3 is 14.4 Å². The van der Waals surface area contributed by atoms with E-state index in [1.54, 1.807) is 12.1 Å². The van der Waals surface area contributed by atoms with Crippen molar-refractivity contribution in [3.8, 4) is 23.2 Å². The van der Waals surface area contributed by atoms with Gasteiger partial charge in [0, 0.05) is 29.4 Å². The van der Waals surface area contributed by atoms with E-state index in [4.69, 9.17) is 32.9 Å². The summed E-state index contributed by atoms with van der Waals surface area (Å²) < 4.78 is 5.91. The molecule has 0 aliphatic rings. The molecule has 0 saturated heterocycles. The summed E-state index contributed by atoms with van der Waals surface area (Å²) >= 11 is 12.0. The number of halogens is 2. The minimum absolute atomic E-state index is 0.127. The SMILES string of the molecule is C=C.CC/C=C(\C=C/CCl)c1nc(C#N)c(OCCN(C)CCCCC=O)nc1-c1ccc(Cl)cc1. The minimum atomic E-state index is 0.127. The summed E-state index contributed by atoms with van der Waals surface area (Å²) in [4.78, 5) is 21.9. The van der Waals surface area contributed by atoms with Crippen LogP contribution in [0.1, 0.15) is 44.0 Å². The van der Waals surface area contributed by atoms with E-state index in [9.17, 15) is 10.1 Å². The lowest BCUT2D eigenvalue weighted by atomic mass is 10.0. The highest BCUT2D eigenvalue weighted by atomic mass is 35.5. The lowest BCUT2D eigenvalue weighted by Crippen LogP contribution is -2.25. The number of hydrogen-bond donors (Lipinski definition) is 0. The van der Waals surface area contributed by atoms with Gasteiger partial charge in [-0.3, -0.25) is 0 Å². The average molecular weight is 530 g/mol. The monoisotopic (exact) mass is 528 g/mol. The third-order valence-electron chi connectivity index (χ3n) is 4.99. The molecule has 2 aromatic rings. The predicted octanol–water partition coefficient (Wildman–Crippen LogP) is 6.74. The summed E-state index contributed by atoms with van der Waals surface area (Å²) in [6.45, 7) is 9.91. The van der Waals surface area contributed by atoms with Crippen LogP contribution in [-0.4, -0.2) is 53.8 Å². The summed E-state index contributed by atoms with van der Waals surface area (Å²) in [6.07, 6.45) is 9.86. The molecule has 1 heterocycles. The predicted molar refractivity (Wildman–Crippen MR) is 149 cm³/mol. The van der Waals surface area contributed by atoms with Gasteiger partial charge in [0.1, 0.15) is 24.7 Å². The molecule has 0 aliphatic carbocycles. The number of likely N-dealkylation sites (N-methyl/N-ethyl adjacent to an activating group) is 1. The van der Waals surface area contributed by atoms with Gasteiger partial charge in [-0.1, -0.05) is 48.9 Å². The molecule has 0 radical (unpaired) electrons. The van der Waals surface area contributed by atoms with Gasteiger partial charge in [-0.2, -0.15) is 5.26 Å². The summed E-state index contributed by atoms with van der Waals surface area (Å²) in [5.74, 6) is 0.558. The summed E-state index contributed by atoms with van der Waals surface area (Å²) in [7, 11) is 1.99. The zero-order chi connectivity index (χ0) is 26.8. The number of nitrogens with zero attached hydrogens (tertiary/aromatic N) is 4. The van der Waals surface area contributed by atoms with Crippen LogP contribution >= 0.6 is 23.2 Å². The number of alkyl halides is 1. The Kier molecular flexibility index (Phi) is 15.8. The Balaban J connectivity index is 0.00000316. The molecule has 0 N–H and O–H groups in total. The van der Waals surface area contributed by atoms with E-state index < -0.39 is 0 Å². The molecule has 8 heteroatoms. The van der Waals surface area contributed by atoms with Crippen molar-refractivity contribution >= 4 is 35.1 Å². The number of allylic oxidation sites excluding steroid dienone is 4. The molecule has 0 fully saturated rings. The van der Waals surface area contributed by atoms with Crippen LogP contribution in [0.2, 0.25) is 5.02 Å². The Morgan fingerprint density at radius 1 is 1.19 bits per heavy atom. The number of aldehydes is 1. The van der Waals surface area contributed by atoms with Crippen LogP contribution in [-0.2, 0) is 4.79 Å². The lowest BCUT2D eigenvalue weighted by Gasteiger charge is -2.17. The van der Waals surface area contributed by atoms with Crippen LogP contribution in [0.5, 0.6) is 5.88 Å². The van der Waals surface area contributed by atoms with E-state index in [0.29, 0.717) is 41.9 Å². The molecule has 0 atom stereocenters. The van der Waals surface area contributed by atoms with Crippen LogP contribution in [0.25, 0.3) is 16.8 Å². The Bertz CT molecular complexity index is 1050. The van der Waals surface area contributed by atoms with Crippen molar-refractivity contribution in [1.82, 2.24) is 14.9 Å². The Hall–Kier alpha value is -2.98. The van der Waals surface area contributed by atoms with Crippen LogP contribution in [0.3, 0.4) is 0 Å². The number of benzene rings is 1. The average Bonchev–Trinajstić information content (AvgIpc) is 2.90. The molecule has 1 aromatic heterocycles. The van der Waals surface area contributed by atoms with Crippen LogP contribution in [0.15, 0.2) is 55.7 Å². The number of carbonyl (C=O) groups is 1. The van der Waals surface area contributed by atoms with E-state index in [1.165, 1.54) is 0 Å². The van der Waals surface area contributed by atoms with Gasteiger partial charge in [0.05, 0.1) is 5.69 Å². The van der Waals surface area contributed by atoms with Gasteiger partial charge in [-0.15, -0.1) is 24.8 Å². The molecule has 0 aliphatic heterocycles. The minimum Gasteiger partial charge on any atom is -0.474 e. The number of aromatic nitrogens is 2. The third-order valence-corrected chi connectivity index (χ3v) is 5.43. The van der Waals surface area contributed by atoms with Gasteiger partial charge >= 0.3 is 0 Å². The third kappa shape index (κ3) is 10.3. The van der Waals surface area contributed by atoms with Gasteiger partial charge in [0.15, 0.2) is 0 Å². The maximum absolute atomic E-state index is 10.4. The first-order valence-corrected chi connectivity index (χ1v) is 12.7. The zero-order valence-electron chi connectivity index (χ0n) is 21.1. The van der Waals surface area contributed by atoms with Crippen LogP contribution in [0, 0.1) is 11.3 Å². The van der Waals surface area contributed by atoms with E-state index >= 15 is 0 Å². The molecule has 6 nitrogen and oxygen atoms in total. The highest BCUT2D eigenvalue weighted by Crippen LogP contribution is 2.31. The summed E-state index contributed by atoms with van der Waals surface area (Å²) in [6, 6.07) is 9.44. The molecular formula is C28H34Cl2N4O2. The number of unbranched alkanes of at least 4 members (excludes halogenated alkanes) is 2. The molecule has 0 bridgehead atoms. The topological polar surface area (TPSA) is 79.1 Å². The number of rotatable bonds is 14. The molecule has 0 spiro atoms. The standard InChI is InChI=1S/C26H30Cl2N4O2.C2H4/c1-3-8-20(9-7-14-27)24-25(21-10-12-22(28)13-11-21)31-26(23(19-29)30-24)34-18-16-32(2)15-5-4-6-17-33;1-2/h7-13,17H,3-6,14-16,18H2,1-2H3;1-2H2/b9-7-,20-8+;. The molecule has 0 amide bonds. The number of ether oxygens (including phenoxy) is 1. The second-order valence-electron chi connectivity index (χ2n) is 7.63. The van der Waals surface area contributed by atoms with Gasteiger partial charge in [0.25, 0.3) is 5.88 Å². The molecule has 36 heavy (non-hydrogen) atoms. The molecule has 2 rings (SSSR count). The fraction of sp³-hybridized carbons (Fsp3) is 0.357. The van der Waals surface area contributed by atoms with Crippen LogP contribution in [0.4, 0.5) is 0 Å². The number of hydrogen-bond acceptors (Lipinski definition) is 6. The van der Waals surface area contributed by atoms with Crippen LogP contribution < -0.4 is 4.74 Å². The largest absolute Gasteiger partial charge is 0.474 e. The highest BCUT2D eigenvalue weighted by Gasteiger charge is 2.18. The van der Waals surface area contributed by atoms with Crippen molar-refractivity contribution in [2.45, 2.75) is 32.6 Å². The second kappa shape index (κ2) is 18.3. The van der Waals surface area contributed by atoms with E-state index in [0.717, 1.165) is 43.2 Å². The Morgan fingerprint density at radius 2 is 1.92 bits per heavy atom. The maximum Gasteiger partial charge on any atom is 0.251 e. The smallest absolute Gasteiger partial charge is 0.251 e. The molecule has 0 saturated carbocycles. The summed E-state index contributed by atoms with van der Waals surface area (Å²) in [5, 5.41) is 10.4. The van der Waals surface area contributed by atoms with Crippen molar-refractivity contribution in [2.75, 3.05) is 32.6 Å². The van der Waals surface area contributed by atoms with Crippen molar-refractivity contribution in [2.24, 2.45) is 0 Å². The molecule has 192 valence electrons.